The molecule has 0 spiro atoms. The first kappa shape index (κ1) is 14.4. The number of aromatic nitrogens is 1. The molecule has 2 aromatic rings. The van der Waals surface area contributed by atoms with E-state index in [0.717, 1.165) is 24.2 Å². The molecule has 1 heterocycles. The Morgan fingerprint density at radius 1 is 1.45 bits per heavy atom. The van der Waals surface area contributed by atoms with Gasteiger partial charge in [0.1, 0.15) is 5.75 Å². The maximum absolute atomic E-state index is 5.26. The van der Waals surface area contributed by atoms with E-state index in [-0.39, 0.29) is 0 Å². The third-order valence-electron chi connectivity index (χ3n) is 3.06. The van der Waals surface area contributed by atoms with E-state index in [1.165, 1.54) is 10.9 Å². The Labute approximate surface area is 124 Å². The van der Waals surface area contributed by atoms with Crippen LogP contribution in [0.3, 0.4) is 0 Å². The quantitative estimate of drug-likeness (QED) is 0.564. The van der Waals surface area contributed by atoms with Gasteiger partial charge in [-0.15, -0.1) is 6.58 Å². The minimum Gasteiger partial charge on any atom is -0.497 e. The Morgan fingerprint density at radius 2 is 2.30 bits per heavy atom. The Balaban J connectivity index is 1.96. The lowest BCUT2D eigenvalue weighted by Crippen LogP contribution is -2.36. The number of H-pyrrole nitrogens is 1. The molecule has 0 saturated carbocycles. The molecule has 106 valence electrons. The SMILES string of the molecule is C=CCNC(=S)NCCc1c[nH]c2ccc(OC)cc12. The lowest BCUT2D eigenvalue weighted by molar-refractivity contribution is 0.415. The van der Waals surface area contributed by atoms with Crippen molar-refractivity contribution in [2.24, 2.45) is 0 Å². The molecule has 1 aromatic heterocycles. The van der Waals surface area contributed by atoms with Crippen LogP contribution in [0.1, 0.15) is 5.56 Å². The van der Waals surface area contributed by atoms with Crippen molar-refractivity contribution in [2.45, 2.75) is 6.42 Å². The molecular formula is C15H19N3OS. The second-order valence-corrected chi connectivity index (χ2v) is 4.81. The van der Waals surface area contributed by atoms with Gasteiger partial charge < -0.3 is 20.4 Å². The number of thiocarbonyl (C=S) groups is 1. The van der Waals surface area contributed by atoms with Crippen molar-refractivity contribution in [1.82, 2.24) is 15.6 Å². The Bertz CT molecular complexity index is 606. The van der Waals surface area contributed by atoms with E-state index in [9.17, 15) is 0 Å². The van der Waals surface area contributed by atoms with Gasteiger partial charge in [0.2, 0.25) is 0 Å². The predicted octanol–water partition coefficient (Wildman–Crippen LogP) is 2.37. The van der Waals surface area contributed by atoms with Crippen molar-refractivity contribution in [3.05, 3.63) is 42.6 Å². The number of methoxy groups -OCH3 is 1. The molecule has 1 aromatic carbocycles. The van der Waals surface area contributed by atoms with E-state index in [2.05, 4.69) is 28.3 Å². The fraction of sp³-hybridized carbons (Fsp3) is 0.267. The molecule has 4 nitrogen and oxygen atoms in total. The number of hydrogen-bond acceptors (Lipinski definition) is 2. The Morgan fingerprint density at radius 3 is 3.05 bits per heavy atom. The summed E-state index contributed by atoms with van der Waals surface area (Å²) in [5.41, 5.74) is 2.37. The van der Waals surface area contributed by atoms with Crippen LogP contribution in [0.15, 0.2) is 37.1 Å². The first-order valence-electron chi connectivity index (χ1n) is 6.51. The summed E-state index contributed by atoms with van der Waals surface area (Å²) in [6.45, 7) is 5.10. The lowest BCUT2D eigenvalue weighted by atomic mass is 10.1. The van der Waals surface area contributed by atoms with E-state index >= 15 is 0 Å². The highest BCUT2D eigenvalue weighted by Crippen LogP contribution is 2.23. The summed E-state index contributed by atoms with van der Waals surface area (Å²) in [6.07, 6.45) is 4.70. The smallest absolute Gasteiger partial charge is 0.166 e. The summed E-state index contributed by atoms with van der Waals surface area (Å²) in [5.74, 6) is 0.870. The standard InChI is InChI=1S/C15H19N3OS/c1-3-7-16-15(20)17-8-6-11-10-18-14-5-4-12(19-2)9-13(11)14/h3-5,9-10,18H,1,6-8H2,2H3,(H2,16,17,20). The van der Waals surface area contributed by atoms with Crippen molar-refractivity contribution in [1.29, 1.82) is 0 Å². The summed E-state index contributed by atoms with van der Waals surface area (Å²) in [6, 6.07) is 6.03. The molecule has 0 saturated heterocycles. The van der Waals surface area contributed by atoms with Crippen LogP contribution in [0.25, 0.3) is 10.9 Å². The lowest BCUT2D eigenvalue weighted by Gasteiger charge is -2.08. The molecule has 0 aliphatic rings. The molecule has 0 aliphatic carbocycles. The van der Waals surface area contributed by atoms with Crippen LogP contribution in [-0.4, -0.2) is 30.3 Å². The molecule has 0 atom stereocenters. The topological polar surface area (TPSA) is 49.1 Å². The molecule has 5 heteroatoms. The van der Waals surface area contributed by atoms with Gasteiger partial charge in [0.15, 0.2) is 5.11 Å². The third-order valence-corrected chi connectivity index (χ3v) is 3.35. The van der Waals surface area contributed by atoms with Gasteiger partial charge in [-0.05, 0) is 42.4 Å². The zero-order valence-electron chi connectivity index (χ0n) is 11.5. The highest BCUT2D eigenvalue weighted by atomic mass is 32.1. The van der Waals surface area contributed by atoms with E-state index in [4.69, 9.17) is 17.0 Å². The molecule has 0 unspecified atom stereocenters. The van der Waals surface area contributed by atoms with E-state index in [1.807, 2.05) is 18.3 Å². The minimum atomic E-state index is 0.655. The van der Waals surface area contributed by atoms with Crippen molar-refractivity contribution in [3.63, 3.8) is 0 Å². The maximum Gasteiger partial charge on any atom is 0.166 e. The molecule has 0 amide bonds. The highest BCUT2D eigenvalue weighted by molar-refractivity contribution is 7.80. The number of aromatic amines is 1. The summed E-state index contributed by atoms with van der Waals surface area (Å²) in [4.78, 5) is 3.27. The van der Waals surface area contributed by atoms with Crippen molar-refractivity contribution < 1.29 is 4.74 Å². The zero-order valence-corrected chi connectivity index (χ0v) is 12.3. The van der Waals surface area contributed by atoms with Gasteiger partial charge in [-0.1, -0.05) is 6.08 Å². The number of rotatable bonds is 6. The first-order valence-corrected chi connectivity index (χ1v) is 6.92. The molecular weight excluding hydrogens is 270 g/mol. The van der Waals surface area contributed by atoms with Crippen LogP contribution in [0.2, 0.25) is 0 Å². The monoisotopic (exact) mass is 289 g/mol. The summed E-state index contributed by atoms with van der Waals surface area (Å²) >= 11 is 5.15. The molecule has 3 N–H and O–H groups in total. The van der Waals surface area contributed by atoms with E-state index in [0.29, 0.717) is 11.7 Å². The maximum atomic E-state index is 5.26. The van der Waals surface area contributed by atoms with Gasteiger partial charge in [-0.2, -0.15) is 0 Å². The first-order chi connectivity index (χ1) is 9.74. The van der Waals surface area contributed by atoms with Gasteiger partial charge in [0.05, 0.1) is 7.11 Å². The number of hydrogen-bond donors (Lipinski definition) is 3. The summed E-state index contributed by atoms with van der Waals surface area (Å²) < 4.78 is 5.26. The average molecular weight is 289 g/mol. The van der Waals surface area contributed by atoms with Gasteiger partial charge in [0.25, 0.3) is 0 Å². The number of fused-ring (bicyclic) bond motifs is 1. The summed E-state index contributed by atoms with van der Waals surface area (Å²) in [5, 5.41) is 8.06. The van der Waals surface area contributed by atoms with Gasteiger partial charge >= 0.3 is 0 Å². The molecule has 0 aliphatic heterocycles. The van der Waals surface area contributed by atoms with Crippen LogP contribution in [-0.2, 0) is 6.42 Å². The van der Waals surface area contributed by atoms with Crippen molar-refractivity contribution in [2.75, 3.05) is 20.2 Å². The van der Waals surface area contributed by atoms with E-state index in [1.54, 1.807) is 13.2 Å². The fourth-order valence-corrected chi connectivity index (χ4v) is 2.21. The van der Waals surface area contributed by atoms with E-state index < -0.39 is 0 Å². The molecule has 0 radical (unpaired) electrons. The minimum absolute atomic E-state index is 0.655. The number of nitrogens with one attached hydrogen (secondary N) is 3. The van der Waals surface area contributed by atoms with Gasteiger partial charge in [-0.25, -0.2) is 0 Å². The normalized spacial score (nSPS) is 10.2. The van der Waals surface area contributed by atoms with Crippen molar-refractivity contribution in [3.8, 4) is 5.75 Å². The van der Waals surface area contributed by atoms with Crippen molar-refractivity contribution >= 4 is 28.2 Å². The van der Waals surface area contributed by atoms with Gasteiger partial charge in [0, 0.05) is 30.2 Å². The molecule has 2 rings (SSSR count). The van der Waals surface area contributed by atoms with Crippen LogP contribution in [0, 0.1) is 0 Å². The predicted molar refractivity (Wildman–Crippen MR) is 87.4 cm³/mol. The third kappa shape index (κ3) is 3.51. The fourth-order valence-electron chi connectivity index (χ4n) is 2.03. The average Bonchev–Trinajstić information content (AvgIpc) is 2.87. The number of benzene rings is 1. The van der Waals surface area contributed by atoms with Crippen LogP contribution < -0.4 is 15.4 Å². The number of ether oxygens (including phenoxy) is 1. The van der Waals surface area contributed by atoms with Crippen LogP contribution in [0.4, 0.5) is 0 Å². The largest absolute Gasteiger partial charge is 0.497 e. The van der Waals surface area contributed by atoms with Crippen LogP contribution >= 0.6 is 12.2 Å². The second-order valence-electron chi connectivity index (χ2n) is 4.40. The summed E-state index contributed by atoms with van der Waals surface area (Å²) in [7, 11) is 1.68. The Hall–Kier alpha value is -2.01. The second kappa shape index (κ2) is 6.96. The molecule has 0 fully saturated rings. The Kier molecular flexibility index (Phi) is 5.01. The zero-order chi connectivity index (χ0) is 14.4. The van der Waals surface area contributed by atoms with Crippen LogP contribution in [0.5, 0.6) is 5.75 Å². The highest BCUT2D eigenvalue weighted by Gasteiger charge is 2.05. The van der Waals surface area contributed by atoms with Gasteiger partial charge in [-0.3, -0.25) is 0 Å². The molecule has 0 bridgehead atoms. The molecule has 20 heavy (non-hydrogen) atoms.